The van der Waals surface area contributed by atoms with Crippen LogP contribution in [0.3, 0.4) is 0 Å². The fraction of sp³-hybridized carbons (Fsp3) is 0.625. The van der Waals surface area contributed by atoms with Crippen molar-refractivity contribution < 1.29 is 24.2 Å². The third-order valence-electron chi connectivity index (χ3n) is 5.18. The highest BCUT2D eigenvalue weighted by atomic mass is 16.6. The quantitative estimate of drug-likeness (QED) is 0.476. The molecule has 8 nitrogen and oxygen atoms in total. The number of carbonyl (C=O) groups is 3. The molecular weight excluding hydrogens is 410 g/mol. The van der Waals surface area contributed by atoms with Crippen LogP contribution in [0.4, 0.5) is 4.79 Å². The molecule has 180 valence electrons. The summed E-state index contributed by atoms with van der Waals surface area (Å²) >= 11 is 0. The molecule has 0 aliphatic carbocycles. The SMILES string of the molecule is CCCCCNC(=O)C(c1cccc(C)c1C)N(C)C(=O)C(CO)NC(=O)OC(C)(C)C. The zero-order valence-electron chi connectivity index (χ0n) is 20.4. The number of amides is 3. The molecule has 32 heavy (non-hydrogen) atoms. The molecule has 3 N–H and O–H groups in total. The highest BCUT2D eigenvalue weighted by molar-refractivity contribution is 5.92. The first-order chi connectivity index (χ1) is 14.9. The topological polar surface area (TPSA) is 108 Å². The Morgan fingerprint density at radius 2 is 1.81 bits per heavy atom. The van der Waals surface area contributed by atoms with E-state index >= 15 is 0 Å². The van der Waals surface area contributed by atoms with E-state index in [2.05, 4.69) is 17.6 Å². The lowest BCUT2D eigenvalue weighted by atomic mass is 9.95. The molecule has 0 bridgehead atoms. The van der Waals surface area contributed by atoms with Gasteiger partial charge < -0.3 is 25.4 Å². The van der Waals surface area contributed by atoms with Crippen LogP contribution in [-0.2, 0) is 14.3 Å². The third kappa shape index (κ3) is 8.15. The monoisotopic (exact) mass is 449 g/mol. The highest BCUT2D eigenvalue weighted by Gasteiger charge is 2.34. The maximum Gasteiger partial charge on any atom is 0.408 e. The lowest BCUT2D eigenvalue weighted by Gasteiger charge is -2.32. The Balaban J connectivity index is 3.15. The van der Waals surface area contributed by atoms with E-state index in [0.717, 1.165) is 30.4 Å². The summed E-state index contributed by atoms with van der Waals surface area (Å²) in [7, 11) is 1.50. The van der Waals surface area contributed by atoms with Crippen LogP contribution in [0, 0.1) is 13.8 Å². The summed E-state index contributed by atoms with van der Waals surface area (Å²) in [5.41, 5.74) is 1.85. The molecule has 0 aromatic heterocycles. The third-order valence-corrected chi connectivity index (χ3v) is 5.18. The highest BCUT2D eigenvalue weighted by Crippen LogP contribution is 2.26. The van der Waals surface area contributed by atoms with Gasteiger partial charge in [0.1, 0.15) is 17.7 Å². The van der Waals surface area contributed by atoms with Crippen LogP contribution in [0.2, 0.25) is 0 Å². The van der Waals surface area contributed by atoms with Crippen molar-refractivity contribution in [3.8, 4) is 0 Å². The van der Waals surface area contributed by atoms with E-state index in [-0.39, 0.29) is 5.91 Å². The minimum atomic E-state index is -1.24. The minimum absolute atomic E-state index is 0.306. The molecule has 1 rings (SSSR count). The summed E-state index contributed by atoms with van der Waals surface area (Å²) in [5, 5.41) is 15.1. The Hall–Kier alpha value is -2.61. The molecule has 2 unspecified atom stereocenters. The van der Waals surface area contributed by atoms with Crippen LogP contribution < -0.4 is 10.6 Å². The number of aliphatic hydroxyl groups excluding tert-OH is 1. The van der Waals surface area contributed by atoms with Crippen LogP contribution >= 0.6 is 0 Å². The van der Waals surface area contributed by atoms with Gasteiger partial charge in [-0.15, -0.1) is 0 Å². The molecule has 0 saturated heterocycles. The molecule has 3 amide bonds. The van der Waals surface area contributed by atoms with Crippen molar-refractivity contribution >= 4 is 17.9 Å². The Morgan fingerprint density at radius 1 is 1.16 bits per heavy atom. The largest absolute Gasteiger partial charge is 0.444 e. The Bertz CT molecular complexity index is 788. The smallest absolute Gasteiger partial charge is 0.408 e. The van der Waals surface area contributed by atoms with E-state index in [0.29, 0.717) is 12.1 Å². The second-order valence-electron chi connectivity index (χ2n) is 9.02. The number of aliphatic hydroxyl groups is 1. The standard InChI is InChI=1S/C24H39N3O5/c1-8-9-10-14-25-21(29)20(18-13-11-12-16(2)17(18)3)27(7)22(30)19(15-28)26-23(31)32-24(4,5)6/h11-13,19-20,28H,8-10,14-15H2,1-7H3,(H,25,29)(H,26,31). The summed E-state index contributed by atoms with van der Waals surface area (Å²) in [6.45, 7) is 10.9. The van der Waals surface area contributed by atoms with Crippen molar-refractivity contribution in [1.29, 1.82) is 0 Å². The summed E-state index contributed by atoms with van der Waals surface area (Å²) in [6, 6.07) is 3.46. The molecule has 0 fully saturated rings. The van der Waals surface area contributed by atoms with Crippen LogP contribution in [0.5, 0.6) is 0 Å². The van der Waals surface area contributed by atoms with Crippen LogP contribution in [0.1, 0.15) is 69.7 Å². The molecule has 0 aliphatic rings. The molecular formula is C24H39N3O5. The number of rotatable bonds is 10. The number of ether oxygens (including phenoxy) is 1. The second-order valence-corrected chi connectivity index (χ2v) is 9.02. The van der Waals surface area contributed by atoms with Gasteiger partial charge in [0, 0.05) is 13.6 Å². The molecule has 0 spiro atoms. The van der Waals surface area contributed by atoms with Crippen LogP contribution in [0.15, 0.2) is 18.2 Å². The number of nitrogens with zero attached hydrogens (tertiary/aromatic N) is 1. The summed E-state index contributed by atoms with van der Waals surface area (Å²) in [6.07, 6.45) is 2.06. The molecule has 1 aromatic carbocycles. The summed E-state index contributed by atoms with van der Waals surface area (Å²) < 4.78 is 5.19. The predicted molar refractivity (Wildman–Crippen MR) is 124 cm³/mol. The van der Waals surface area contributed by atoms with Crippen molar-refractivity contribution in [3.63, 3.8) is 0 Å². The summed E-state index contributed by atoms with van der Waals surface area (Å²) in [5.74, 6) is -0.896. The molecule has 0 heterocycles. The van der Waals surface area contributed by atoms with Gasteiger partial charge in [-0.3, -0.25) is 9.59 Å². The van der Waals surface area contributed by atoms with E-state index in [1.165, 1.54) is 11.9 Å². The van der Waals surface area contributed by atoms with Gasteiger partial charge >= 0.3 is 6.09 Å². The fourth-order valence-corrected chi connectivity index (χ4v) is 3.29. The Morgan fingerprint density at radius 3 is 2.38 bits per heavy atom. The first kappa shape index (κ1) is 27.4. The zero-order chi connectivity index (χ0) is 24.5. The van der Waals surface area contributed by atoms with E-state index in [1.807, 2.05) is 32.0 Å². The van der Waals surface area contributed by atoms with Crippen molar-refractivity contribution in [1.82, 2.24) is 15.5 Å². The second kappa shape index (κ2) is 12.4. The van der Waals surface area contributed by atoms with Gasteiger partial charge in [0.25, 0.3) is 0 Å². The number of alkyl carbamates (subject to hydrolysis) is 1. The number of benzene rings is 1. The number of aryl methyl sites for hydroxylation is 1. The van der Waals surface area contributed by atoms with Crippen molar-refractivity contribution in [2.45, 2.75) is 78.5 Å². The molecule has 0 aliphatic heterocycles. The number of likely N-dealkylation sites (N-methyl/N-ethyl adjacent to an activating group) is 1. The van der Waals surface area contributed by atoms with Gasteiger partial charge in [0.05, 0.1) is 6.61 Å². The molecule has 1 aromatic rings. The van der Waals surface area contributed by atoms with E-state index in [4.69, 9.17) is 4.74 Å². The van der Waals surface area contributed by atoms with Gasteiger partial charge in [0.15, 0.2) is 0 Å². The van der Waals surface area contributed by atoms with E-state index in [9.17, 15) is 19.5 Å². The Kier molecular flexibility index (Phi) is 10.7. The zero-order valence-corrected chi connectivity index (χ0v) is 20.4. The average Bonchev–Trinajstić information content (AvgIpc) is 2.70. The maximum atomic E-state index is 13.2. The minimum Gasteiger partial charge on any atom is -0.444 e. The van der Waals surface area contributed by atoms with Crippen LogP contribution in [0.25, 0.3) is 0 Å². The van der Waals surface area contributed by atoms with Crippen LogP contribution in [-0.4, -0.2) is 59.8 Å². The van der Waals surface area contributed by atoms with Crippen molar-refractivity contribution in [3.05, 3.63) is 34.9 Å². The first-order valence-electron chi connectivity index (χ1n) is 11.1. The Labute approximate surface area is 191 Å². The van der Waals surface area contributed by atoms with Gasteiger partial charge in [-0.25, -0.2) is 4.79 Å². The van der Waals surface area contributed by atoms with E-state index < -0.39 is 36.3 Å². The number of hydrogen-bond acceptors (Lipinski definition) is 5. The van der Waals surface area contributed by atoms with E-state index in [1.54, 1.807) is 20.8 Å². The van der Waals surface area contributed by atoms with Gasteiger partial charge in [-0.05, 0) is 57.7 Å². The lowest BCUT2D eigenvalue weighted by Crippen LogP contribution is -2.53. The van der Waals surface area contributed by atoms with Crippen molar-refractivity contribution in [2.75, 3.05) is 20.2 Å². The number of unbranched alkanes of at least 4 members (excludes halogenated alkanes) is 2. The number of carbonyl (C=O) groups excluding carboxylic acids is 3. The number of hydrogen-bond donors (Lipinski definition) is 3. The average molecular weight is 450 g/mol. The molecule has 2 atom stereocenters. The predicted octanol–water partition coefficient (Wildman–Crippen LogP) is 2.99. The van der Waals surface area contributed by atoms with Gasteiger partial charge in [0.2, 0.25) is 11.8 Å². The lowest BCUT2D eigenvalue weighted by molar-refractivity contribution is -0.141. The molecule has 0 radical (unpaired) electrons. The normalized spacial score (nSPS) is 13.1. The maximum absolute atomic E-state index is 13.2. The number of nitrogens with one attached hydrogen (secondary N) is 2. The molecule has 8 heteroatoms. The summed E-state index contributed by atoms with van der Waals surface area (Å²) in [4.78, 5) is 39.7. The fourth-order valence-electron chi connectivity index (χ4n) is 3.29. The molecule has 0 saturated carbocycles. The van der Waals surface area contributed by atoms with Gasteiger partial charge in [-0.1, -0.05) is 38.0 Å². The van der Waals surface area contributed by atoms with Gasteiger partial charge in [-0.2, -0.15) is 0 Å². The van der Waals surface area contributed by atoms with Crippen molar-refractivity contribution in [2.24, 2.45) is 0 Å². The first-order valence-corrected chi connectivity index (χ1v) is 11.1.